The molecule has 0 saturated heterocycles. The molecule has 0 saturated carbocycles. The minimum Gasteiger partial charge on any atom is -0.325 e. The number of aromatic nitrogens is 1. The number of fused-ring (bicyclic) bond motifs is 1. The van der Waals surface area contributed by atoms with Crippen LogP contribution in [0.2, 0.25) is 5.15 Å². The topological polar surface area (TPSA) is 38.9 Å². The minimum absolute atomic E-state index is 0.0137. The summed E-state index contributed by atoms with van der Waals surface area (Å²) in [6, 6.07) is 8.19. The summed E-state index contributed by atoms with van der Waals surface area (Å²) in [6.07, 6.45) is 3.82. The fraction of sp³-hybridized carbons (Fsp3) is 0.214. The lowest BCUT2D eigenvalue weighted by Gasteiger charge is -2.04. The van der Waals surface area contributed by atoms with Crippen LogP contribution in [0.3, 0.4) is 0 Å². The number of hydrogen-bond acceptors (Lipinski definition) is 2. The number of pyridine rings is 1. The van der Waals surface area contributed by atoms with Crippen LogP contribution >= 0.6 is 11.6 Å². The number of nitrogens with zero attached hydrogens (tertiary/aromatic N) is 1. The quantitative estimate of drug-likeness (QED) is 0.823. The zero-order chi connectivity index (χ0) is 12.4. The van der Waals surface area contributed by atoms with Gasteiger partial charge in [-0.2, -0.15) is 0 Å². The van der Waals surface area contributed by atoms with Gasteiger partial charge in [-0.15, -0.1) is 0 Å². The molecular formula is C14H15ClN2. The Morgan fingerprint density at radius 2 is 2.12 bits per heavy atom. The second-order valence-corrected chi connectivity index (χ2v) is 4.64. The predicted octanol–water partition coefficient (Wildman–Crippen LogP) is 3.56. The highest BCUT2D eigenvalue weighted by Crippen LogP contribution is 2.22. The van der Waals surface area contributed by atoms with Gasteiger partial charge < -0.3 is 5.73 Å². The number of rotatable bonds is 2. The van der Waals surface area contributed by atoms with E-state index in [-0.39, 0.29) is 6.04 Å². The number of nitrogens with two attached hydrogens (primary N) is 1. The molecule has 0 amide bonds. The van der Waals surface area contributed by atoms with E-state index in [1.807, 2.05) is 38.1 Å². The molecule has 0 bridgehead atoms. The third kappa shape index (κ3) is 2.84. The molecule has 1 heterocycles. The monoisotopic (exact) mass is 246 g/mol. The Morgan fingerprint density at radius 3 is 2.82 bits per heavy atom. The van der Waals surface area contributed by atoms with Crippen LogP contribution in [-0.2, 0) is 0 Å². The van der Waals surface area contributed by atoms with E-state index in [4.69, 9.17) is 17.3 Å². The molecule has 2 rings (SSSR count). The van der Waals surface area contributed by atoms with Crippen LogP contribution in [-0.4, -0.2) is 11.0 Å². The zero-order valence-corrected chi connectivity index (χ0v) is 10.7. The number of halogens is 1. The van der Waals surface area contributed by atoms with Crippen molar-refractivity contribution in [3.8, 4) is 0 Å². The molecule has 1 atom stereocenters. The van der Waals surface area contributed by atoms with E-state index < -0.39 is 0 Å². The highest BCUT2D eigenvalue weighted by Gasteiger charge is 2.02. The molecule has 2 aromatic rings. The molecule has 0 aliphatic rings. The lowest BCUT2D eigenvalue weighted by molar-refractivity contribution is 0.931. The summed E-state index contributed by atoms with van der Waals surface area (Å²) in [5, 5.41) is 1.60. The van der Waals surface area contributed by atoms with Crippen LogP contribution in [0.5, 0.6) is 0 Å². The first-order valence-corrected chi connectivity index (χ1v) is 5.95. The van der Waals surface area contributed by atoms with E-state index in [1.165, 1.54) is 5.56 Å². The van der Waals surface area contributed by atoms with Crippen LogP contribution in [0, 0.1) is 6.92 Å². The maximum atomic E-state index is 6.14. The molecular weight excluding hydrogens is 232 g/mol. The molecule has 1 aromatic carbocycles. The zero-order valence-electron chi connectivity index (χ0n) is 9.94. The van der Waals surface area contributed by atoms with Crippen LogP contribution < -0.4 is 5.73 Å². The Morgan fingerprint density at radius 1 is 1.35 bits per heavy atom. The van der Waals surface area contributed by atoms with Gasteiger partial charge in [-0.25, -0.2) is 4.98 Å². The summed E-state index contributed by atoms with van der Waals surface area (Å²) in [7, 11) is 0. The Hall–Kier alpha value is -1.38. The summed E-state index contributed by atoms with van der Waals surface area (Å²) < 4.78 is 0. The summed E-state index contributed by atoms with van der Waals surface area (Å²) in [4.78, 5) is 4.39. The maximum absolute atomic E-state index is 6.14. The van der Waals surface area contributed by atoms with Gasteiger partial charge in [0.1, 0.15) is 5.15 Å². The first kappa shape index (κ1) is 12.1. The van der Waals surface area contributed by atoms with E-state index in [0.717, 1.165) is 16.5 Å². The third-order valence-corrected chi connectivity index (χ3v) is 2.84. The third-order valence-electron chi connectivity index (χ3n) is 2.53. The van der Waals surface area contributed by atoms with Crippen molar-refractivity contribution in [1.29, 1.82) is 0 Å². The van der Waals surface area contributed by atoms with Crippen molar-refractivity contribution in [2.45, 2.75) is 19.9 Å². The van der Waals surface area contributed by atoms with Gasteiger partial charge in [0.15, 0.2) is 0 Å². The van der Waals surface area contributed by atoms with Gasteiger partial charge in [0, 0.05) is 17.0 Å². The maximum Gasteiger partial charge on any atom is 0.136 e. The van der Waals surface area contributed by atoms with E-state index in [9.17, 15) is 0 Å². The van der Waals surface area contributed by atoms with Crippen LogP contribution in [0.25, 0.3) is 17.0 Å². The summed E-state index contributed by atoms with van der Waals surface area (Å²) in [6.45, 7) is 3.96. The summed E-state index contributed by atoms with van der Waals surface area (Å²) in [5.74, 6) is 0. The van der Waals surface area contributed by atoms with Crippen molar-refractivity contribution < 1.29 is 0 Å². The molecule has 2 N–H and O–H groups in total. The Balaban J connectivity index is 2.52. The van der Waals surface area contributed by atoms with E-state index in [1.54, 1.807) is 0 Å². The highest BCUT2D eigenvalue weighted by molar-refractivity contribution is 6.31. The largest absolute Gasteiger partial charge is 0.325 e. The van der Waals surface area contributed by atoms with Crippen molar-refractivity contribution in [3.63, 3.8) is 0 Å². The molecule has 1 aromatic heterocycles. The summed E-state index contributed by atoms with van der Waals surface area (Å²) in [5.41, 5.74) is 8.68. The van der Waals surface area contributed by atoms with Gasteiger partial charge in [0.05, 0.1) is 5.52 Å². The van der Waals surface area contributed by atoms with Gasteiger partial charge in [-0.1, -0.05) is 35.9 Å². The predicted molar refractivity (Wildman–Crippen MR) is 74.2 cm³/mol. The number of aryl methyl sites for hydroxylation is 1. The van der Waals surface area contributed by atoms with E-state index >= 15 is 0 Å². The molecule has 0 aliphatic carbocycles. The average molecular weight is 247 g/mol. The average Bonchev–Trinajstić information content (AvgIpc) is 2.26. The van der Waals surface area contributed by atoms with Crippen LogP contribution in [0.15, 0.2) is 30.3 Å². The smallest absolute Gasteiger partial charge is 0.136 e. The Bertz CT molecular complexity index is 574. The molecule has 0 radical (unpaired) electrons. The lowest BCUT2D eigenvalue weighted by atomic mass is 10.1. The van der Waals surface area contributed by atoms with Gasteiger partial charge in [-0.05, 0) is 31.5 Å². The molecule has 0 spiro atoms. The van der Waals surface area contributed by atoms with Gasteiger partial charge in [-0.3, -0.25) is 0 Å². The van der Waals surface area contributed by atoms with Crippen LogP contribution in [0.4, 0.5) is 0 Å². The van der Waals surface area contributed by atoms with Crippen molar-refractivity contribution in [2.75, 3.05) is 0 Å². The number of hydrogen-bond donors (Lipinski definition) is 1. The fourth-order valence-corrected chi connectivity index (χ4v) is 1.85. The molecule has 0 aliphatic heterocycles. The van der Waals surface area contributed by atoms with Gasteiger partial charge >= 0.3 is 0 Å². The fourth-order valence-electron chi connectivity index (χ4n) is 1.64. The first-order valence-electron chi connectivity index (χ1n) is 5.57. The van der Waals surface area contributed by atoms with Crippen molar-refractivity contribution >= 4 is 28.6 Å². The molecule has 88 valence electrons. The Kier molecular flexibility index (Phi) is 3.46. The summed E-state index contributed by atoms with van der Waals surface area (Å²) >= 11 is 6.14. The second-order valence-electron chi connectivity index (χ2n) is 4.28. The van der Waals surface area contributed by atoms with Crippen LogP contribution in [0.1, 0.15) is 18.1 Å². The molecule has 17 heavy (non-hydrogen) atoms. The molecule has 3 heteroatoms. The lowest BCUT2D eigenvalue weighted by Crippen LogP contribution is -2.09. The van der Waals surface area contributed by atoms with Crippen molar-refractivity contribution in [3.05, 3.63) is 46.6 Å². The van der Waals surface area contributed by atoms with Crippen molar-refractivity contribution in [2.24, 2.45) is 5.73 Å². The highest BCUT2D eigenvalue weighted by atomic mass is 35.5. The first-order chi connectivity index (χ1) is 8.06. The molecule has 1 unspecified atom stereocenters. The minimum atomic E-state index is 0.0137. The van der Waals surface area contributed by atoms with E-state index in [0.29, 0.717) is 5.15 Å². The van der Waals surface area contributed by atoms with Gasteiger partial charge in [0.25, 0.3) is 0 Å². The normalized spacial score (nSPS) is 13.4. The second kappa shape index (κ2) is 4.86. The molecule has 2 nitrogen and oxygen atoms in total. The molecule has 0 fully saturated rings. The SMILES string of the molecule is Cc1ccc2cc(/C=C/C(C)N)c(Cl)nc2c1. The Labute approximate surface area is 106 Å². The standard InChI is InChI=1S/C14H15ClN2/c1-9-3-5-11-8-12(6-4-10(2)16)14(15)17-13(11)7-9/h3-8,10H,16H2,1-2H3/b6-4+. The van der Waals surface area contributed by atoms with Gasteiger partial charge in [0.2, 0.25) is 0 Å². The van der Waals surface area contributed by atoms with Crippen molar-refractivity contribution in [1.82, 2.24) is 4.98 Å². The van der Waals surface area contributed by atoms with E-state index in [2.05, 4.69) is 17.1 Å². The number of benzene rings is 1.